The summed E-state index contributed by atoms with van der Waals surface area (Å²) in [6.07, 6.45) is 1.36. The zero-order valence-electron chi connectivity index (χ0n) is 20.1. The van der Waals surface area contributed by atoms with Crippen molar-refractivity contribution in [3.8, 4) is 16.9 Å². The van der Waals surface area contributed by atoms with Crippen molar-refractivity contribution in [2.75, 3.05) is 25.5 Å². The Labute approximate surface area is 213 Å². The van der Waals surface area contributed by atoms with Gasteiger partial charge in [-0.05, 0) is 42.0 Å². The first-order valence-electron chi connectivity index (χ1n) is 11.3. The first kappa shape index (κ1) is 25.5. The van der Waals surface area contributed by atoms with E-state index < -0.39 is 15.9 Å². The van der Waals surface area contributed by atoms with Crippen LogP contribution in [0.25, 0.3) is 21.3 Å². The summed E-state index contributed by atoms with van der Waals surface area (Å²) in [6, 6.07) is 13.3. The number of carbonyl (C=O) groups is 1. The second-order valence-electron chi connectivity index (χ2n) is 7.90. The van der Waals surface area contributed by atoms with E-state index in [2.05, 4.69) is 10.3 Å². The van der Waals surface area contributed by atoms with E-state index >= 15 is 0 Å². The maximum atomic E-state index is 13.2. The van der Waals surface area contributed by atoms with Crippen molar-refractivity contribution >= 4 is 43.2 Å². The van der Waals surface area contributed by atoms with Crippen LogP contribution in [0.1, 0.15) is 13.8 Å². The van der Waals surface area contributed by atoms with E-state index in [-0.39, 0.29) is 17.0 Å². The molecule has 11 heteroatoms. The molecule has 4 rings (SSSR count). The highest BCUT2D eigenvalue weighted by molar-refractivity contribution is 7.89. The Kier molecular flexibility index (Phi) is 7.53. The molecule has 0 saturated heterocycles. The maximum Gasteiger partial charge on any atom is 0.263 e. The molecule has 2 aromatic carbocycles. The van der Waals surface area contributed by atoms with Gasteiger partial charge in [0.15, 0.2) is 0 Å². The van der Waals surface area contributed by atoms with Gasteiger partial charge < -0.3 is 10.1 Å². The standard InChI is InChI=1S/C25H26N4O5S2/c1-4-29(5-2)36(32,33)20-12-8-18(9-13-20)27-22(30)14-28-16-26-24-23(25(28)31)21(15-35-24)17-6-10-19(34-3)11-7-17/h6-13,15-16H,4-5,14H2,1-3H3,(H,27,30). The average Bonchev–Trinajstić information content (AvgIpc) is 3.31. The zero-order valence-corrected chi connectivity index (χ0v) is 21.7. The topological polar surface area (TPSA) is 111 Å². The predicted octanol–water partition coefficient (Wildman–Crippen LogP) is 3.80. The Morgan fingerprint density at radius 2 is 1.75 bits per heavy atom. The first-order valence-corrected chi connectivity index (χ1v) is 13.6. The molecule has 1 N–H and O–H groups in total. The quantitative estimate of drug-likeness (QED) is 0.355. The zero-order chi connectivity index (χ0) is 25.9. The molecule has 2 heterocycles. The number of ether oxygens (including phenoxy) is 1. The fourth-order valence-electron chi connectivity index (χ4n) is 3.84. The number of nitrogens with one attached hydrogen (secondary N) is 1. The molecule has 0 aliphatic carbocycles. The van der Waals surface area contributed by atoms with Gasteiger partial charge in [-0.15, -0.1) is 11.3 Å². The number of methoxy groups -OCH3 is 1. The van der Waals surface area contributed by atoms with E-state index in [0.29, 0.717) is 34.7 Å². The van der Waals surface area contributed by atoms with Gasteiger partial charge in [-0.3, -0.25) is 14.2 Å². The van der Waals surface area contributed by atoms with E-state index in [4.69, 9.17) is 4.74 Å². The predicted molar refractivity (Wildman–Crippen MR) is 141 cm³/mol. The lowest BCUT2D eigenvalue weighted by Crippen LogP contribution is -2.30. The van der Waals surface area contributed by atoms with Crippen molar-refractivity contribution in [3.05, 3.63) is 70.6 Å². The van der Waals surface area contributed by atoms with Crippen LogP contribution in [0, 0.1) is 0 Å². The van der Waals surface area contributed by atoms with Crippen LogP contribution >= 0.6 is 11.3 Å². The highest BCUT2D eigenvalue weighted by atomic mass is 32.2. The molecule has 36 heavy (non-hydrogen) atoms. The minimum absolute atomic E-state index is 0.151. The highest BCUT2D eigenvalue weighted by Crippen LogP contribution is 2.31. The van der Waals surface area contributed by atoms with E-state index in [1.807, 2.05) is 29.6 Å². The fraction of sp³-hybridized carbons (Fsp3) is 0.240. The molecule has 0 aliphatic rings. The van der Waals surface area contributed by atoms with Crippen molar-refractivity contribution in [1.82, 2.24) is 13.9 Å². The van der Waals surface area contributed by atoms with E-state index in [1.54, 1.807) is 21.0 Å². The number of thiophene rings is 1. The molecule has 0 fully saturated rings. The Bertz CT molecular complexity index is 1540. The van der Waals surface area contributed by atoms with Crippen LogP contribution in [0.3, 0.4) is 0 Å². The number of fused-ring (bicyclic) bond motifs is 1. The van der Waals surface area contributed by atoms with Gasteiger partial charge in [0.05, 0.1) is 23.7 Å². The van der Waals surface area contributed by atoms with E-state index in [1.165, 1.54) is 50.8 Å². The minimum Gasteiger partial charge on any atom is -0.497 e. The van der Waals surface area contributed by atoms with Gasteiger partial charge >= 0.3 is 0 Å². The van der Waals surface area contributed by atoms with E-state index in [9.17, 15) is 18.0 Å². The summed E-state index contributed by atoms with van der Waals surface area (Å²) >= 11 is 1.36. The van der Waals surface area contributed by atoms with Crippen LogP contribution in [-0.4, -0.2) is 48.4 Å². The molecule has 0 spiro atoms. The summed E-state index contributed by atoms with van der Waals surface area (Å²) in [6.45, 7) is 4.06. The number of aromatic nitrogens is 2. The summed E-state index contributed by atoms with van der Waals surface area (Å²) < 4.78 is 33.1. The van der Waals surface area contributed by atoms with Crippen LogP contribution in [0.4, 0.5) is 5.69 Å². The van der Waals surface area contributed by atoms with Gasteiger partial charge in [0.1, 0.15) is 17.1 Å². The van der Waals surface area contributed by atoms with Crippen LogP contribution < -0.4 is 15.6 Å². The molecule has 2 aromatic heterocycles. The summed E-state index contributed by atoms with van der Waals surface area (Å²) in [5.41, 5.74) is 1.70. The highest BCUT2D eigenvalue weighted by Gasteiger charge is 2.21. The van der Waals surface area contributed by atoms with Gasteiger partial charge in [0.2, 0.25) is 15.9 Å². The van der Waals surface area contributed by atoms with Gasteiger partial charge in [-0.2, -0.15) is 4.31 Å². The molecule has 0 saturated carbocycles. The van der Waals surface area contributed by atoms with Crippen molar-refractivity contribution in [1.29, 1.82) is 0 Å². The molecule has 4 aromatic rings. The van der Waals surface area contributed by atoms with Gasteiger partial charge in [0.25, 0.3) is 5.56 Å². The number of sulfonamides is 1. The van der Waals surface area contributed by atoms with Crippen LogP contribution in [0.5, 0.6) is 5.75 Å². The third-order valence-corrected chi connectivity index (χ3v) is 8.71. The molecule has 0 aliphatic heterocycles. The summed E-state index contributed by atoms with van der Waals surface area (Å²) in [7, 11) is -2.00. The monoisotopic (exact) mass is 526 g/mol. The molecule has 0 atom stereocenters. The SMILES string of the molecule is CCN(CC)S(=O)(=O)c1ccc(NC(=O)Cn2cnc3scc(-c4ccc(OC)cc4)c3c2=O)cc1. The fourth-order valence-corrected chi connectivity index (χ4v) is 6.21. The molecule has 0 radical (unpaired) electrons. The molecule has 0 bridgehead atoms. The van der Waals surface area contributed by atoms with Gasteiger partial charge in [0, 0.05) is 29.7 Å². The molecule has 188 valence electrons. The van der Waals surface area contributed by atoms with Gasteiger partial charge in [-0.1, -0.05) is 26.0 Å². The Morgan fingerprint density at radius 3 is 2.36 bits per heavy atom. The number of nitrogens with zero attached hydrogens (tertiary/aromatic N) is 3. The first-order chi connectivity index (χ1) is 17.3. The lowest BCUT2D eigenvalue weighted by Gasteiger charge is -2.18. The normalized spacial score (nSPS) is 11.7. The molecule has 9 nitrogen and oxygen atoms in total. The van der Waals surface area contributed by atoms with Crippen LogP contribution in [-0.2, 0) is 21.4 Å². The number of carbonyl (C=O) groups excluding carboxylic acids is 1. The smallest absolute Gasteiger partial charge is 0.263 e. The number of hydrogen-bond acceptors (Lipinski definition) is 7. The molecule has 0 unspecified atom stereocenters. The number of anilines is 1. The lowest BCUT2D eigenvalue weighted by molar-refractivity contribution is -0.116. The third-order valence-electron chi connectivity index (χ3n) is 5.76. The second kappa shape index (κ2) is 10.6. The number of amides is 1. The summed E-state index contributed by atoms with van der Waals surface area (Å²) in [4.78, 5) is 31.0. The Balaban J connectivity index is 1.53. The Hall–Kier alpha value is -3.54. The molecular formula is C25H26N4O5S2. The van der Waals surface area contributed by atoms with Crippen molar-refractivity contribution in [2.24, 2.45) is 0 Å². The summed E-state index contributed by atoms with van der Waals surface area (Å²) in [5, 5.41) is 5.03. The third kappa shape index (κ3) is 5.03. The maximum absolute atomic E-state index is 13.2. The minimum atomic E-state index is -3.59. The average molecular weight is 527 g/mol. The van der Waals surface area contributed by atoms with Crippen molar-refractivity contribution in [2.45, 2.75) is 25.3 Å². The second-order valence-corrected chi connectivity index (χ2v) is 10.7. The number of benzene rings is 2. The summed E-state index contributed by atoms with van der Waals surface area (Å²) in [5.74, 6) is 0.281. The Morgan fingerprint density at radius 1 is 1.08 bits per heavy atom. The van der Waals surface area contributed by atoms with Crippen LogP contribution in [0.15, 0.2) is 69.9 Å². The van der Waals surface area contributed by atoms with Crippen molar-refractivity contribution in [3.63, 3.8) is 0 Å². The van der Waals surface area contributed by atoms with Crippen LogP contribution in [0.2, 0.25) is 0 Å². The van der Waals surface area contributed by atoms with Crippen molar-refractivity contribution < 1.29 is 17.9 Å². The largest absolute Gasteiger partial charge is 0.497 e. The number of rotatable bonds is 9. The van der Waals surface area contributed by atoms with Gasteiger partial charge in [-0.25, -0.2) is 13.4 Å². The van der Waals surface area contributed by atoms with E-state index in [0.717, 1.165) is 11.1 Å². The molecular weight excluding hydrogens is 500 g/mol. The lowest BCUT2D eigenvalue weighted by atomic mass is 10.1. The number of hydrogen-bond donors (Lipinski definition) is 1. The molecule has 1 amide bonds.